The molecule has 0 unspecified atom stereocenters. The molecule has 1 aromatic rings. The molecule has 0 aromatic carbocycles. The number of carboxylic acid groups (broad SMARTS) is 1. The first-order valence-corrected chi connectivity index (χ1v) is 6.94. The Bertz CT molecular complexity index is 516. The SMILES string of the molecule is NC(=O)C[C@@H](NCc1cnc(N2CCOCC2)nc1)C(=O)O. The predicted octanol–water partition coefficient (Wildman–Crippen LogP) is -1.27. The summed E-state index contributed by atoms with van der Waals surface area (Å²) in [5, 5.41) is 11.7. The molecule has 0 spiro atoms. The van der Waals surface area contributed by atoms with Gasteiger partial charge in [0.15, 0.2) is 0 Å². The van der Waals surface area contributed by atoms with E-state index in [9.17, 15) is 9.59 Å². The number of hydrogen-bond acceptors (Lipinski definition) is 7. The van der Waals surface area contributed by atoms with Crippen LogP contribution in [-0.4, -0.2) is 59.3 Å². The number of morpholine rings is 1. The van der Waals surface area contributed by atoms with Crippen LogP contribution in [0.2, 0.25) is 0 Å². The molecule has 1 fully saturated rings. The maximum atomic E-state index is 11.0. The molecule has 0 radical (unpaired) electrons. The number of carboxylic acids is 1. The lowest BCUT2D eigenvalue weighted by Gasteiger charge is -2.26. The highest BCUT2D eigenvalue weighted by atomic mass is 16.5. The Labute approximate surface area is 127 Å². The summed E-state index contributed by atoms with van der Waals surface area (Å²) in [6, 6.07) is -1.02. The van der Waals surface area contributed by atoms with Gasteiger partial charge < -0.3 is 20.5 Å². The number of hydrogen-bond donors (Lipinski definition) is 3. The summed E-state index contributed by atoms with van der Waals surface area (Å²) >= 11 is 0. The Balaban J connectivity index is 1.90. The van der Waals surface area contributed by atoms with E-state index in [0.717, 1.165) is 18.7 Å². The molecule has 9 heteroatoms. The maximum absolute atomic E-state index is 11.0. The molecule has 1 amide bonds. The minimum Gasteiger partial charge on any atom is -0.480 e. The van der Waals surface area contributed by atoms with E-state index in [1.807, 2.05) is 4.90 Å². The van der Waals surface area contributed by atoms with E-state index in [0.29, 0.717) is 19.2 Å². The summed E-state index contributed by atoms with van der Waals surface area (Å²) in [5.74, 6) is -1.16. The summed E-state index contributed by atoms with van der Waals surface area (Å²) < 4.78 is 5.26. The van der Waals surface area contributed by atoms with Crippen LogP contribution in [0.1, 0.15) is 12.0 Å². The number of nitrogens with zero attached hydrogens (tertiary/aromatic N) is 3. The number of rotatable bonds is 7. The molecule has 1 aliphatic heterocycles. The standard InChI is InChI=1S/C13H19N5O4/c14-11(19)5-10(12(20)21)15-6-9-7-16-13(17-8-9)18-1-3-22-4-2-18/h7-8,10,15H,1-6H2,(H2,14,19)(H,20,21)/t10-/m1/s1. The third kappa shape index (κ3) is 4.64. The lowest BCUT2D eigenvalue weighted by Crippen LogP contribution is -2.39. The molecule has 9 nitrogen and oxygen atoms in total. The topological polar surface area (TPSA) is 131 Å². The highest BCUT2D eigenvalue weighted by Gasteiger charge is 2.19. The van der Waals surface area contributed by atoms with Gasteiger partial charge in [-0.2, -0.15) is 0 Å². The first-order valence-electron chi connectivity index (χ1n) is 6.94. The number of aliphatic carboxylic acids is 1. The second kappa shape index (κ2) is 7.66. The molecule has 1 aliphatic rings. The molecular formula is C13H19N5O4. The van der Waals surface area contributed by atoms with Crippen molar-refractivity contribution < 1.29 is 19.4 Å². The fourth-order valence-electron chi connectivity index (χ4n) is 2.05. The smallest absolute Gasteiger partial charge is 0.321 e. The van der Waals surface area contributed by atoms with Crippen molar-refractivity contribution in [3.63, 3.8) is 0 Å². The molecule has 4 N–H and O–H groups in total. The van der Waals surface area contributed by atoms with Crippen LogP contribution in [0.4, 0.5) is 5.95 Å². The van der Waals surface area contributed by atoms with Crippen molar-refractivity contribution in [1.29, 1.82) is 0 Å². The largest absolute Gasteiger partial charge is 0.480 e. The Morgan fingerprint density at radius 2 is 2.00 bits per heavy atom. The van der Waals surface area contributed by atoms with Gasteiger partial charge in [0, 0.05) is 37.6 Å². The Morgan fingerprint density at radius 3 is 2.55 bits per heavy atom. The van der Waals surface area contributed by atoms with Gasteiger partial charge in [-0.1, -0.05) is 0 Å². The molecule has 2 heterocycles. The van der Waals surface area contributed by atoms with Gasteiger partial charge in [-0.05, 0) is 0 Å². The van der Waals surface area contributed by atoms with Crippen molar-refractivity contribution in [2.45, 2.75) is 19.0 Å². The molecular weight excluding hydrogens is 290 g/mol. The number of carbonyl (C=O) groups excluding carboxylic acids is 1. The van der Waals surface area contributed by atoms with Crippen LogP contribution in [0, 0.1) is 0 Å². The number of primary amides is 1. The molecule has 0 saturated carbocycles. The van der Waals surface area contributed by atoms with E-state index in [4.69, 9.17) is 15.6 Å². The van der Waals surface area contributed by atoms with E-state index < -0.39 is 17.9 Å². The van der Waals surface area contributed by atoms with Gasteiger partial charge in [-0.15, -0.1) is 0 Å². The minimum absolute atomic E-state index is 0.244. The Kier molecular flexibility index (Phi) is 5.61. The quantitative estimate of drug-likeness (QED) is 0.568. The normalized spacial score (nSPS) is 16.3. The van der Waals surface area contributed by atoms with Crippen molar-refractivity contribution >= 4 is 17.8 Å². The van der Waals surface area contributed by atoms with Gasteiger partial charge in [0.2, 0.25) is 11.9 Å². The fraction of sp³-hybridized carbons (Fsp3) is 0.538. The molecule has 1 atom stereocenters. The zero-order chi connectivity index (χ0) is 15.9. The summed E-state index contributed by atoms with van der Waals surface area (Å²) in [7, 11) is 0. The predicted molar refractivity (Wildman–Crippen MR) is 77.1 cm³/mol. The molecule has 1 saturated heterocycles. The lowest BCUT2D eigenvalue weighted by molar-refractivity contribution is -0.141. The van der Waals surface area contributed by atoms with Crippen LogP contribution in [0.25, 0.3) is 0 Å². The zero-order valence-corrected chi connectivity index (χ0v) is 12.1. The fourth-order valence-corrected chi connectivity index (χ4v) is 2.05. The zero-order valence-electron chi connectivity index (χ0n) is 12.1. The van der Waals surface area contributed by atoms with Crippen molar-refractivity contribution in [3.05, 3.63) is 18.0 Å². The molecule has 0 aliphatic carbocycles. The van der Waals surface area contributed by atoms with Crippen molar-refractivity contribution in [1.82, 2.24) is 15.3 Å². The maximum Gasteiger partial charge on any atom is 0.321 e. The van der Waals surface area contributed by atoms with Crippen LogP contribution in [0.5, 0.6) is 0 Å². The summed E-state index contributed by atoms with van der Waals surface area (Å²) in [4.78, 5) is 32.4. The number of carbonyl (C=O) groups is 2. The summed E-state index contributed by atoms with van der Waals surface area (Å²) in [6.07, 6.45) is 3.00. The van der Waals surface area contributed by atoms with Gasteiger partial charge in [0.1, 0.15) is 6.04 Å². The van der Waals surface area contributed by atoms with Crippen LogP contribution in [0.15, 0.2) is 12.4 Å². The van der Waals surface area contributed by atoms with Crippen molar-refractivity contribution in [3.8, 4) is 0 Å². The second-order valence-corrected chi connectivity index (χ2v) is 4.93. The number of nitrogens with two attached hydrogens (primary N) is 1. The van der Waals surface area contributed by atoms with Gasteiger partial charge >= 0.3 is 5.97 Å². The molecule has 1 aromatic heterocycles. The second-order valence-electron chi connectivity index (χ2n) is 4.93. The van der Waals surface area contributed by atoms with Crippen LogP contribution >= 0.6 is 0 Å². The van der Waals surface area contributed by atoms with Gasteiger partial charge in [0.25, 0.3) is 0 Å². The Morgan fingerprint density at radius 1 is 1.36 bits per heavy atom. The van der Waals surface area contributed by atoms with Crippen LogP contribution in [-0.2, 0) is 20.9 Å². The molecule has 2 rings (SSSR count). The number of amides is 1. The number of nitrogens with one attached hydrogen (secondary N) is 1. The molecule has 0 bridgehead atoms. The lowest BCUT2D eigenvalue weighted by atomic mass is 10.2. The van der Waals surface area contributed by atoms with Crippen LogP contribution in [0.3, 0.4) is 0 Å². The molecule has 22 heavy (non-hydrogen) atoms. The Hall–Kier alpha value is -2.26. The van der Waals surface area contributed by atoms with Crippen molar-refractivity contribution in [2.24, 2.45) is 5.73 Å². The number of aromatic nitrogens is 2. The highest BCUT2D eigenvalue weighted by Crippen LogP contribution is 2.09. The minimum atomic E-state index is -1.12. The van der Waals surface area contributed by atoms with Gasteiger partial charge in [-0.3, -0.25) is 14.9 Å². The third-order valence-corrected chi connectivity index (χ3v) is 3.24. The average Bonchev–Trinajstić information content (AvgIpc) is 2.52. The highest BCUT2D eigenvalue weighted by molar-refractivity contribution is 5.83. The monoisotopic (exact) mass is 309 g/mol. The molecule has 120 valence electrons. The van der Waals surface area contributed by atoms with E-state index >= 15 is 0 Å². The van der Waals surface area contributed by atoms with Crippen molar-refractivity contribution in [2.75, 3.05) is 31.2 Å². The van der Waals surface area contributed by atoms with Gasteiger partial charge in [0.05, 0.1) is 19.6 Å². The number of anilines is 1. The number of ether oxygens (including phenoxy) is 1. The van der Waals surface area contributed by atoms with E-state index in [2.05, 4.69) is 15.3 Å². The van der Waals surface area contributed by atoms with E-state index in [-0.39, 0.29) is 13.0 Å². The summed E-state index contributed by atoms with van der Waals surface area (Å²) in [6.45, 7) is 3.04. The summed E-state index contributed by atoms with van der Waals surface area (Å²) in [5.41, 5.74) is 5.75. The van der Waals surface area contributed by atoms with E-state index in [1.165, 1.54) is 0 Å². The first kappa shape index (κ1) is 16.1. The average molecular weight is 309 g/mol. The van der Waals surface area contributed by atoms with Crippen LogP contribution < -0.4 is 16.0 Å². The van der Waals surface area contributed by atoms with E-state index in [1.54, 1.807) is 12.4 Å². The van der Waals surface area contributed by atoms with Gasteiger partial charge in [-0.25, -0.2) is 9.97 Å². The first-order chi connectivity index (χ1) is 10.6. The third-order valence-electron chi connectivity index (χ3n) is 3.24.